The number of anilines is 2. The Morgan fingerprint density at radius 2 is 2.00 bits per heavy atom. The maximum absolute atomic E-state index is 13.4. The molecule has 1 N–H and O–H groups in total. The molecule has 172 valence electrons. The lowest BCUT2D eigenvalue weighted by Gasteiger charge is -2.20. The Bertz CT molecular complexity index is 1320. The lowest BCUT2D eigenvalue weighted by atomic mass is 10.2. The molecule has 2 heterocycles. The molecule has 0 atom stereocenters. The van der Waals surface area contributed by atoms with Crippen LogP contribution in [0, 0.1) is 0 Å². The number of esters is 1. The number of carbonyl (C=O) groups excluding carboxylic acids is 2. The number of nitrogens with one attached hydrogen (secondary N) is 1. The van der Waals surface area contributed by atoms with Crippen molar-refractivity contribution in [2.75, 3.05) is 29.9 Å². The number of fused-ring (bicyclic) bond motifs is 1. The Kier molecular flexibility index (Phi) is 6.34. The van der Waals surface area contributed by atoms with Gasteiger partial charge < -0.3 is 9.47 Å². The first-order valence-corrected chi connectivity index (χ1v) is 12.4. The van der Waals surface area contributed by atoms with Crippen molar-refractivity contribution in [1.82, 2.24) is 4.98 Å². The molecule has 4 rings (SSSR count). The van der Waals surface area contributed by atoms with E-state index in [-0.39, 0.29) is 33.6 Å². The third kappa shape index (κ3) is 4.41. The van der Waals surface area contributed by atoms with E-state index in [1.54, 1.807) is 19.1 Å². The predicted molar refractivity (Wildman–Crippen MR) is 124 cm³/mol. The van der Waals surface area contributed by atoms with E-state index in [1.165, 1.54) is 35.0 Å². The Balaban J connectivity index is 1.62. The second kappa shape index (κ2) is 9.20. The summed E-state index contributed by atoms with van der Waals surface area (Å²) < 4.78 is 38.2. The number of sulfonamides is 1. The number of nitrogens with zero attached hydrogens (tertiary/aromatic N) is 2. The molecule has 0 saturated heterocycles. The third-order valence-corrected chi connectivity index (χ3v) is 7.62. The van der Waals surface area contributed by atoms with Gasteiger partial charge in [-0.3, -0.25) is 14.4 Å². The number of para-hydroxylation sites is 1. The lowest BCUT2D eigenvalue weighted by Crippen LogP contribution is -2.29. The van der Waals surface area contributed by atoms with Crippen LogP contribution in [0.25, 0.3) is 0 Å². The fraction of sp³-hybridized carbons (Fsp3) is 0.227. The van der Waals surface area contributed by atoms with Gasteiger partial charge in [0.25, 0.3) is 15.9 Å². The van der Waals surface area contributed by atoms with Gasteiger partial charge in [0.2, 0.25) is 0 Å². The number of rotatable bonds is 7. The van der Waals surface area contributed by atoms with Crippen molar-refractivity contribution in [2.45, 2.75) is 18.2 Å². The highest BCUT2D eigenvalue weighted by molar-refractivity contribution is 7.92. The molecule has 1 aliphatic rings. The van der Waals surface area contributed by atoms with E-state index in [9.17, 15) is 18.0 Å². The van der Waals surface area contributed by atoms with E-state index in [4.69, 9.17) is 9.47 Å². The van der Waals surface area contributed by atoms with Crippen LogP contribution in [0.4, 0.5) is 10.8 Å². The van der Waals surface area contributed by atoms with Gasteiger partial charge >= 0.3 is 5.97 Å². The van der Waals surface area contributed by atoms with Gasteiger partial charge in [-0.1, -0.05) is 18.2 Å². The summed E-state index contributed by atoms with van der Waals surface area (Å²) in [6.07, 6.45) is 0.617. The SMILES string of the molecule is CCOC(=O)c1csc(NC(=O)c2cc(S(=O)(=O)N3CCc4ccccc43)ccc2OC)n1. The maximum atomic E-state index is 13.4. The van der Waals surface area contributed by atoms with E-state index >= 15 is 0 Å². The molecule has 0 aliphatic carbocycles. The minimum absolute atomic E-state index is 0.0268. The van der Waals surface area contributed by atoms with Gasteiger partial charge in [-0.2, -0.15) is 0 Å². The number of hydrogen-bond donors (Lipinski definition) is 1. The number of hydrogen-bond acceptors (Lipinski definition) is 8. The monoisotopic (exact) mass is 487 g/mol. The fourth-order valence-corrected chi connectivity index (χ4v) is 5.71. The zero-order chi connectivity index (χ0) is 23.6. The number of aromatic nitrogens is 1. The maximum Gasteiger partial charge on any atom is 0.357 e. The molecule has 0 fully saturated rings. The Hall–Kier alpha value is -3.44. The van der Waals surface area contributed by atoms with E-state index < -0.39 is 21.9 Å². The summed E-state index contributed by atoms with van der Waals surface area (Å²) in [5.74, 6) is -1.00. The molecule has 11 heteroatoms. The van der Waals surface area contributed by atoms with Crippen LogP contribution in [0.5, 0.6) is 5.75 Å². The van der Waals surface area contributed by atoms with Crippen LogP contribution in [0.3, 0.4) is 0 Å². The van der Waals surface area contributed by atoms with E-state index in [2.05, 4.69) is 10.3 Å². The first-order chi connectivity index (χ1) is 15.8. The van der Waals surface area contributed by atoms with Crippen molar-refractivity contribution in [1.29, 1.82) is 0 Å². The molecule has 0 unspecified atom stereocenters. The van der Waals surface area contributed by atoms with Gasteiger partial charge in [0.1, 0.15) is 5.75 Å². The Labute approximate surface area is 195 Å². The average molecular weight is 488 g/mol. The van der Waals surface area contributed by atoms with Gasteiger partial charge in [0, 0.05) is 11.9 Å². The molecule has 0 spiro atoms. The Morgan fingerprint density at radius 1 is 1.21 bits per heavy atom. The molecule has 0 bridgehead atoms. The average Bonchev–Trinajstić information content (AvgIpc) is 3.46. The van der Waals surface area contributed by atoms with Crippen molar-refractivity contribution in [3.8, 4) is 5.75 Å². The van der Waals surface area contributed by atoms with Crippen LogP contribution in [0.15, 0.2) is 52.7 Å². The number of benzene rings is 2. The highest BCUT2D eigenvalue weighted by Crippen LogP contribution is 2.34. The second-order valence-corrected chi connectivity index (χ2v) is 9.75. The van der Waals surface area contributed by atoms with Gasteiger partial charge in [-0.25, -0.2) is 18.2 Å². The molecule has 0 saturated carbocycles. The highest BCUT2D eigenvalue weighted by atomic mass is 32.2. The predicted octanol–water partition coefficient (Wildman–Crippen LogP) is 3.33. The van der Waals surface area contributed by atoms with Crippen LogP contribution >= 0.6 is 11.3 Å². The van der Waals surface area contributed by atoms with Crippen LogP contribution in [0.1, 0.15) is 33.3 Å². The summed E-state index contributed by atoms with van der Waals surface area (Å²) in [6, 6.07) is 11.5. The van der Waals surface area contributed by atoms with Crippen LogP contribution in [-0.2, 0) is 21.2 Å². The molecule has 1 amide bonds. The van der Waals surface area contributed by atoms with E-state index in [0.717, 1.165) is 16.9 Å². The first kappa shape index (κ1) is 22.7. The second-order valence-electron chi connectivity index (χ2n) is 7.03. The number of methoxy groups -OCH3 is 1. The van der Waals surface area contributed by atoms with Crippen molar-refractivity contribution in [3.63, 3.8) is 0 Å². The molecule has 1 aromatic heterocycles. The zero-order valence-electron chi connectivity index (χ0n) is 17.9. The largest absolute Gasteiger partial charge is 0.496 e. The van der Waals surface area contributed by atoms with Crippen LogP contribution in [-0.4, -0.2) is 45.5 Å². The summed E-state index contributed by atoms with van der Waals surface area (Å²) in [7, 11) is -2.51. The van der Waals surface area contributed by atoms with E-state index in [1.807, 2.05) is 12.1 Å². The minimum Gasteiger partial charge on any atom is -0.496 e. The number of thiazole rings is 1. The molecule has 3 aromatic rings. The smallest absolute Gasteiger partial charge is 0.357 e. The Morgan fingerprint density at radius 3 is 2.76 bits per heavy atom. The summed E-state index contributed by atoms with van der Waals surface area (Å²) in [5, 5.41) is 4.23. The van der Waals surface area contributed by atoms with Gasteiger partial charge in [-0.15, -0.1) is 11.3 Å². The fourth-order valence-electron chi connectivity index (χ4n) is 3.50. The normalized spacial score (nSPS) is 12.8. The summed E-state index contributed by atoms with van der Waals surface area (Å²) in [4.78, 5) is 28.8. The van der Waals surface area contributed by atoms with Crippen LogP contribution < -0.4 is 14.4 Å². The third-order valence-electron chi connectivity index (χ3n) is 5.06. The van der Waals surface area contributed by atoms with Crippen molar-refractivity contribution in [3.05, 3.63) is 64.7 Å². The lowest BCUT2D eigenvalue weighted by molar-refractivity contribution is 0.0520. The summed E-state index contributed by atoms with van der Waals surface area (Å²) in [5.41, 5.74) is 1.69. The molecule has 33 heavy (non-hydrogen) atoms. The zero-order valence-corrected chi connectivity index (χ0v) is 19.5. The van der Waals surface area contributed by atoms with Gasteiger partial charge in [0.15, 0.2) is 10.8 Å². The van der Waals surface area contributed by atoms with Crippen molar-refractivity contribution in [2.24, 2.45) is 0 Å². The molecule has 2 aromatic carbocycles. The summed E-state index contributed by atoms with van der Waals surface area (Å²) in [6.45, 7) is 2.21. The molecular formula is C22H21N3O6S2. The number of ether oxygens (including phenoxy) is 2. The van der Waals surface area contributed by atoms with Crippen molar-refractivity contribution >= 4 is 44.1 Å². The molecule has 1 aliphatic heterocycles. The van der Waals surface area contributed by atoms with Gasteiger partial charge in [0.05, 0.1) is 29.9 Å². The van der Waals surface area contributed by atoms with Gasteiger partial charge in [-0.05, 0) is 43.2 Å². The number of amides is 1. The summed E-state index contributed by atoms with van der Waals surface area (Å²) >= 11 is 1.05. The molecule has 9 nitrogen and oxygen atoms in total. The molecule has 0 radical (unpaired) electrons. The highest BCUT2D eigenvalue weighted by Gasteiger charge is 2.31. The van der Waals surface area contributed by atoms with Crippen molar-refractivity contribution < 1.29 is 27.5 Å². The quantitative estimate of drug-likeness (QED) is 0.508. The molecular weight excluding hydrogens is 466 g/mol. The standard InChI is InChI=1S/C22H21N3O6S2/c1-3-31-21(27)17-13-32-22(23-17)24-20(26)16-12-15(8-9-19(16)30-2)33(28,29)25-11-10-14-6-4-5-7-18(14)25/h4-9,12-13H,3,10-11H2,1-2H3,(H,23,24,26). The van der Waals surface area contributed by atoms with Crippen LogP contribution in [0.2, 0.25) is 0 Å². The first-order valence-electron chi connectivity index (χ1n) is 10.1. The number of carbonyl (C=O) groups is 2. The minimum atomic E-state index is -3.90. The van der Waals surface area contributed by atoms with E-state index in [0.29, 0.717) is 18.7 Å². The topological polar surface area (TPSA) is 115 Å².